The molecule has 0 saturated heterocycles. The van der Waals surface area contributed by atoms with E-state index in [-0.39, 0.29) is 5.91 Å². The van der Waals surface area contributed by atoms with Gasteiger partial charge in [-0.2, -0.15) is 0 Å². The summed E-state index contributed by atoms with van der Waals surface area (Å²) in [5.74, 6) is -0.0966. The van der Waals surface area contributed by atoms with Gasteiger partial charge in [0.25, 0.3) is 0 Å². The van der Waals surface area contributed by atoms with Gasteiger partial charge in [0.2, 0.25) is 5.91 Å². The summed E-state index contributed by atoms with van der Waals surface area (Å²) in [7, 11) is 0. The Morgan fingerprint density at radius 3 is 2.37 bits per heavy atom. The third-order valence-electron chi connectivity index (χ3n) is 5.90. The standard InChI is InChI=1S/C28H23Cl2N3OS/c29-23-13-11-21(12-14-23)25-18-33-24(19-35-28(33)31-25)15-16-32(17-20-7-3-1-4-8-20)27(34)26(30)22-9-5-2-6-10-22/h1-14,18-19,26H,15-17H2. The van der Waals surface area contributed by atoms with Crippen molar-refractivity contribution in [2.45, 2.75) is 18.3 Å². The summed E-state index contributed by atoms with van der Waals surface area (Å²) in [6, 6.07) is 27.2. The molecule has 4 nitrogen and oxygen atoms in total. The molecule has 3 aromatic carbocycles. The smallest absolute Gasteiger partial charge is 0.245 e. The van der Waals surface area contributed by atoms with Crippen molar-refractivity contribution in [2.24, 2.45) is 0 Å². The SMILES string of the molecule is O=C(C(Cl)c1ccccc1)N(CCc1csc2nc(-c3ccc(Cl)cc3)cn12)Cc1ccccc1. The van der Waals surface area contributed by atoms with Gasteiger partial charge in [-0.25, -0.2) is 4.98 Å². The van der Waals surface area contributed by atoms with Crippen LogP contribution in [0.1, 0.15) is 22.2 Å². The molecule has 7 heteroatoms. The Morgan fingerprint density at radius 2 is 1.66 bits per heavy atom. The molecule has 0 fully saturated rings. The Labute approximate surface area is 218 Å². The van der Waals surface area contributed by atoms with Crippen LogP contribution in [0.15, 0.2) is 96.5 Å². The molecule has 0 aliphatic heterocycles. The topological polar surface area (TPSA) is 37.6 Å². The molecule has 2 aromatic heterocycles. The average molecular weight is 520 g/mol. The van der Waals surface area contributed by atoms with Crippen LogP contribution in [0, 0.1) is 0 Å². The first-order valence-electron chi connectivity index (χ1n) is 11.3. The van der Waals surface area contributed by atoms with Crippen molar-refractivity contribution in [3.05, 3.63) is 118 Å². The number of benzene rings is 3. The molecule has 0 spiro atoms. The number of rotatable bonds is 8. The molecular weight excluding hydrogens is 497 g/mol. The zero-order valence-electron chi connectivity index (χ0n) is 18.9. The van der Waals surface area contributed by atoms with Crippen LogP contribution in [-0.4, -0.2) is 26.7 Å². The fourth-order valence-corrected chi connectivity index (χ4v) is 5.33. The minimum atomic E-state index is -0.729. The van der Waals surface area contributed by atoms with Gasteiger partial charge in [-0.15, -0.1) is 22.9 Å². The number of amides is 1. The number of hydrogen-bond donors (Lipinski definition) is 0. The molecule has 0 bridgehead atoms. The van der Waals surface area contributed by atoms with Gasteiger partial charge in [-0.3, -0.25) is 9.20 Å². The molecule has 0 N–H and O–H groups in total. The molecule has 5 rings (SSSR count). The van der Waals surface area contributed by atoms with Crippen molar-refractivity contribution >= 4 is 45.4 Å². The number of nitrogens with zero attached hydrogens (tertiary/aromatic N) is 3. The number of halogens is 2. The summed E-state index contributed by atoms with van der Waals surface area (Å²) < 4.78 is 2.11. The summed E-state index contributed by atoms with van der Waals surface area (Å²) >= 11 is 14.3. The zero-order valence-corrected chi connectivity index (χ0v) is 21.2. The second kappa shape index (κ2) is 10.6. The molecule has 0 aliphatic rings. The van der Waals surface area contributed by atoms with Crippen molar-refractivity contribution in [1.29, 1.82) is 0 Å². The second-order valence-corrected chi connectivity index (χ2v) is 9.99. The van der Waals surface area contributed by atoms with Crippen molar-refractivity contribution in [1.82, 2.24) is 14.3 Å². The maximum absolute atomic E-state index is 13.5. The molecule has 1 unspecified atom stereocenters. The number of fused-ring (bicyclic) bond motifs is 1. The summed E-state index contributed by atoms with van der Waals surface area (Å²) in [5, 5.41) is 2.08. The van der Waals surface area contributed by atoms with Crippen LogP contribution in [0.5, 0.6) is 0 Å². The quantitative estimate of drug-likeness (QED) is 0.202. The van der Waals surface area contributed by atoms with Gasteiger partial charge in [0, 0.05) is 47.4 Å². The molecule has 176 valence electrons. The van der Waals surface area contributed by atoms with Crippen molar-refractivity contribution in [3.8, 4) is 11.3 Å². The molecule has 2 heterocycles. The fraction of sp³-hybridized carbons (Fsp3) is 0.143. The Balaban J connectivity index is 1.37. The Kier molecular flexibility index (Phi) is 7.19. The highest BCUT2D eigenvalue weighted by molar-refractivity contribution is 7.15. The maximum atomic E-state index is 13.5. The van der Waals surface area contributed by atoms with E-state index in [1.54, 1.807) is 11.3 Å². The van der Waals surface area contributed by atoms with Gasteiger partial charge in [-0.1, -0.05) is 84.4 Å². The second-order valence-electron chi connectivity index (χ2n) is 8.28. The molecule has 5 aromatic rings. The lowest BCUT2D eigenvalue weighted by atomic mass is 10.1. The van der Waals surface area contributed by atoms with Gasteiger partial charge in [0.15, 0.2) is 4.96 Å². The van der Waals surface area contributed by atoms with Crippen molar-refractivity contribution in [3.63, 3.8) is 0 Å². The van der Waals surface area contributed by atoms with Crippen LogP contribution in [0.25, 0.3) is 16.2 Å². The molecular formula is C28H23Cl2N3OS. The molecule has 0 saturated carbocycles. The number of carbonyl (C=O) groups excluding carboxylic acids is 1. The van der Waals surface area contributed by atoms with Crippen LogP contribution in [0.4, 0.5) is 0 Å². The van der Waals surface area contributed by atoms with E-state index in [1.807, 2.05) is 96.0 Å². The predicted molar refractivity (Wildman–Crippen MR) is 144 cm³/mol. The van der Waals surface area contributed by atoms with E-state index in [1.165, 1.54) is 0 Å². The van der Waals surface area contributed by atoms with E-state index < -0.39 is 5.38 Å². The highest BCUT2D eigenvalue weighted by Crippen LogP contribution is 2.27. The van der Waals surface area contributed by atoms with E-state index in [0.29, 0.717) is 24.5 Å². The molecule has 0 aliphatic carbocycles. The first-order chi connectivity index (χ1) is 17.1. The van der Waals surface area contributed by atoms with Gasteiger partial charge in [0.05, 0.1) is 5.69 Å². The largest absolute Gasteiger partial charge is 0.336 e. The van der Waals surface area contributed by atoms with Crippen LogP contribution >= 0.6 is 34.5 Å². The Bertz CT molecular complexity index is 1420. The summed E-state index contributed by atoms with van der Waals surface area (Å²) in [5.41, 5.74) is 4.90. The van der Waals surface area contributed by atoms with Crippen LogP contribution in [0.3, 0.4) is 0 Å². The number of alkyl halides is 1. The van der Waals surface area contributed by atoms with Crippen LogP contribution < -0.4 is 0 Å². The number of imidazole rings is 1. The predicted octanol–water partition coefficient (Wildman–Crippen LogP) is 7.27. The van der Waals surface area contributed by atoms with Gasteiger partial charge in [0.1, 0.15) is 5.38 Å². The van der Waals surface area contributed by atoms with E-state index in [0.717, 1.165) is 33.0 Å². The molecule has 1 amide bonds. The maximum Gasteiger partial charge on any atom is 0.245 e. The number of carbonyl (C=O) groups is 1. The highest BCUT2D eigenvalue weighted by atomic mass is 35.5. The van der Waals surface area contributed by atoms with Crippen molar-refractivity contribution < 1.29 is 4.79 Å². The van der Waals surface area contributed by atoms with Gasteiger partial charge in [-0.05, 0) is 23.3 Å². The molecule has 35 heavy (non-hydrogen) atoms. The number of hydrogen-bond acceptors (Lipinski definition) is 3. The fourth-order valence-electron chi connectivity index (χ4n) is 4.01. The van der Waals surface area contributed by atoms with Crippen LogP contribution in [-0.2, 0) is 17.8 Å². The Morgan fingerprint density at radius 1 is 0.971 bits per heavy atom. The average Bonchev–Trinajstić information content (AvgIpc) is 3.49. The lowest BCUT2D eigenvalue weighted by Gasteiger charge is -2.25. The Hall–Kier alpha value is -3.12. The van der Waals surface area contributed by atoms with E-state index in [4.69, 9.17) is 28.2 Å². The minimum Gasteiger partial charge on any atom is -0.336 e. The molecule has 0 radical (unpaired) electrons. The highest BCUT2D eigenvalue weighted by Gasteiger charge is 2.24. The third kappa shape index (κ3) is 5.43. The third-order valence-corrected chi connectivity index (χ3v) is 7.48. The van der Waals surface area contributed by atoms with Crippen molar-refractivity contribution in [2.75, 3.05) is 6.54 Å². The van der Waals surface area contributed by atoms with Gasteiger partial charge < -0.3 is 4.90 Å². The number of aromatic nitrogens is 2. The zero-order chi connectivity index (χ0) is 24.2. The summed E-state index contributed by atoms with van der Waals surface area (Å²) in [4.78, 5) is 21.0. The lowest BCUT2D eigenvalue weighted by Crippen LogP contribution is -2.35. The summed E-state index contributed by atoms with van der Waals surface area (Å²) in [6.45, 7) is 1.05. The normalized spacial score (nSPS) is 12.1. The van der Waals surface area contributed by atoms with E-state index in [2.05, 4.69) is 9.78 Å². The van der Waals surface area contributed by atoms with E-state index in [9.17, 15) is 4.79 Å². The van der Waals surface area contributed by atoms with E-state index >= 15 is 0 Å². The minimum absolute atomic E-state index is 0.0966. The first kappa shape index (κ1) is 23.6. The van der Waals surface area contributed by atoms with Gasteiger partial charge >= 0.3 is 0 Å². The van der Waals surface area contributed by atoms with Crippen LogP contribution in [0.2, 0.25) is 5.02 Å². The monoisotopic (exact) mass is 519 g/mol. The summed E-state index contributed by atoms with van der Waals surface area (Å²) in [6.07, 6.45) is 2.73. The first-order valence-corrected chi connectivity index (χ1v) is 13.0. The lowest BCUT2D eigenvalue weighted by molar-refractivity contribution is -0.131. The number of thiazole rings is 1. The molecule has 1 atom stereocenters.